The van der Waals surface area contributed by atoms with Crippen LogP contribution < -0.4 is 4.90 Å². The number of carbonyl (C=O) groups excluding carboxylic acids is 1. The molecular formula is C23H27N5O3S2. The molecule has 0 radical (unpaired) electrons. The van der Waals surface area contributed by atoms with Gasteiger partial charge >= 0.3 is 0 Å². The number of rotatable bonds is 4. The lowest BCUT2D eigenvalue weighted by molar-refractivity contribution is -0.135. The number of nitrogens with zero attached hydrogens (tertiary/aromatic N) is 5. The zero-order chi connectivity index (χ0) is 23.2. The minimum Gasteiger partial charge on any atom is -0.367 e. The van der Waals surface area contributed by atoms with E-state index >= 15 is 0 Å². The van der Waals surface area contributed by atoms with Crippen molar-refractivity contribution in [3.05, 3.63) is 47.2 Å². The third-order valence-electron chi connectivity index (χ3n) is 6.49. The number of hydrogen-bond acceptors (Lipinski definition) is 7. The van der Waals surface area contributed by atoms with Gasteiger partial charge in [-0.1, -0.05) is 18.2 Å². The van der Waals surface area contributed by atoms with Crippen molar-refractivity contribution < 1.29 is 13.2 Å². The van der Waals surface area contributed by atoms with Gasteiger partial charge in [0.1, 0.15) is 0 Å². The fraction of sp³-hybridized carbons (Fsp3) is 0.435. The van der Waals surface area contributed by atoms with E-state index in [9.17, 15) is 13.2 Å². The van der Waals surface area contributed by atoms with Crippen LogP contribution in [0.5, 0.6) is 0 Å². The molecular weight excluding hydrogens is 458 g/mol. The first-order valence-electron chi connectivity index (χ1n) is 11.2. The molecule has 5 rings (SSSR count). The summed E-state index contributed by atoms with van der Waals surface area (Å²) in [6.07, 6.45) is 2.39. The van der Waals surface area contributed by atoms with Gasteiger partial charge in [0.05, 0.1) is 22.1 Å². The summed E-state index contributed by atoms with van der Waals surface area (Å²) < 4.78 is 27.9. The van der Waals surface area contributed by atoms with E-state index in [1.807, 2.05) is 35.4 Å². The quantitative estimate of drug-likeness (QED) is 0.565. The highest BCUT2D eigenvalue weighted by Gasteiger charge is 2.39. The van der Waals surface area contributed by atoms with Crippen LogP contribution in [-0.2, 0) is 14.8 Å². The Balaban J connectivity index is 1.23. The lowest BCUT2D eigenvalue weighted by Gasteiger charge is -2.37. The second-order valence-corrected chi connectivity index (χ2v) is 12.0. The predicted molar refractivity (Wildman–Crippen MR) is 129 cm³/mol. The highest BCUT2D eigenvalue weighted by molar-refractivity contribution is 7.91. The maximum Gasteiger partial charge on any atom is 0.254 e. The minimum absolute atomic E-state index is 0.0594. The van der Waals surface area contributed by atoms with Crippen LogP contribution in [0.1, 0.15) is 17.1 Å². The Hall–Kier alpha value is -2.56. The van der Waals surface area contributed by atoms with Crippen LogP contribution >= 0.6 is 11.3 Å². The summed E-state index contributed by atoms with van der Waals surface area (Å²) in [5, 5.41) is 1.85. The molecule has 1 unspecified atom stereocenters. The Labute approximate surface area is 197 Å². The molecule has 2 saturated heterocycles. The summed E-state index contributed by atoms with van der Waals surface area (Å²) in [5.74, 6) is -0.230. The van der Waals surface area contributed by atoms with Gasteiger partial charge in [0.2, 0.25) is 5.91 Å². The first-order chi connectivity index (χ1) is 15.8. The molecule has 33 heavy (non-hydrogen) atoms. The number of pyridine rings is 1. The summed E-state index contributed by atoms with van der Waals surface area (Å²) in [7, 11) is -3.61. The molecule has 0 N–H and O–H groups in total. The second-order valence-electron chi connectivity index (χ2n) is 8.61. The smallest absolute Gasteiger partial charge is 0.254 e. The second kappa shape index (κ2) is 8.66. The Bertz CT molecular complexity index is 1290. The number of benzene rings is 1. The summed E-state index contributed by atoms with van der Waals surface area (Å²) in [4.78, 5) is 26.1. The number of anilines is 1. The number of aryl methyl sites for hydroxylation is 2. The molecule has 174 valence electrons. The molecule has 3 aromatic rings. The number of thiazole rings is 1. The van der Waals surface area contributed by atoms with E-state index < -0.39 is 10.0 Å². The summed E-state index contributed by atoms with van der Waals surface area (Å²) in [6.45, 7) is 6.90. The Morgan fingerprint density at radius 1 is 1.06 bits per heavy atom. The highest BCUT2D eigenvalue weighted by atomic mass is 32.2. The minimum atomic E-state index is -3.61. The van der Waals surface area contributed by atoms with Crippen LogP contribution in [0.15, 0.2) is 40.7 Å². The van der Waals surface area contributed by atoms with Gasteiger partial charge in [0.25, 0.3) is 10.0 Å². The van der Waals surface area contributed by atoms with Gasteiger partial charge < -0.3 is 9.80 Å². The molecule has 2 fully saturated rings. The first kappa shape index (κ1) is 22.2. The van der Waals surface area contributed by atoms with Crippen molar-refractivity contribution in [1.29, 1.82) is 0 Å². The Morgan fingerprint density at radius 3 is 2.55 bits per heavy atom. The maximum absolute atomic E-state index is 13.2. The van der Waals surface area contributed by atoms with Crippen molar-refractivity contribution >= 4 is 43.9 Å². The molecule has 8 nitrogen and oxygen atoms in total. The lowest BCUT2D eigenvalue weighted by atomic mass is 10.1. The standard InChI is InChI=1S/C23H27N5O3S2/c1-16-23(32-17(2)25-16)33(30,31)28-10-8-18(15-28)22(29)27-13-11-26(12-14-27)21-7-9-24-20-6-4-3-5-19(20)21/h3-7,9,18H,8,10-15H2,1-2H3. The lowest BCUT2D eigenvalue weighted by Crippen LogP contribution is -2.50. The average Bonchev–Trinajstić information content (AvgIpc) is 3.45. The molecule has 2 aliphatic rings. The van der Waals surface area contributed by atoms with E-state index in [0.29, 0.717) is 36.0 Å². The van der Waals surface area contributed by atoms with Crippen molar-refractivity contribution in [2.45, 2.75) is 24.5 Å². The zero-order valence-corrected chi connectivity index (χ0v) is 20.4. The monoisotopic (exact) mass is 485 g/mol. The SMILES string of the molecule is Cc1nc(C)c(S(=O)(=O)N2CCC(C(=O)N3CCN(c4ccnc5ccccc45)CC3)C2)s1. The normalized spacial score (nSPS) is 20.0. The molecule has 0 bridgehead atoms. The van der Waals surface area contributed by atoms with Crippen molar-refractivity contribution in [3.8, 4) is 0 Å². The molecule has 2 aromatic heterocycles. The number of fused-ring (bicyclic) bond motifs is 1. The summed E-state index contributed by atoms with van der Waals surface area (Å²) >= 11 is 1.20. The van der Waals surface area contributed by atoms with Crippen molar-refractivity contribution in [3.63, 3.8) is 0 Å². The largest absolute Gasteiger partial charge is 0.367 e. The average molecular weight is 486 g/mol. The van der Waals surface area contributed by atoms with Gasteiger partial charge in [-0.25, -0.2) is 13.4 Å². The third-order valence-corrected chi connectivity index (χ3v) is 10.0. The highest BCUT2D eigenvalue weighted by Crippen LogP contribution is 2.31. The first-order valence-corrected chi connectivity index (χ1v) is 13.4. The van der Waals surface area contributed by atoms with Crippen molar-refractivity contribution in [2.24, 2.45) is 5.92 Å². The Morgan fingerprint density at radius 2 is 1.82 bits per heavy atom. The topological polar surface area (TPSA) is 86.7 Å². The van der Waals surface area contributed by atoms with Gasteiger partial charge in [-0.3, -0.25) is 9.78 Å². The van der Waals surface area contributed by atoms with Crippen LogP contribution in [0, 0.1) is 19.8 Å². The van der Waals surface area contributed by atoms with Gasteiger partial charge in [-0.2, -0.15) is 4.31 Å². The van der Waals surface area contributed by atoms with E-state index in [4.69, 9.17) is 0 Å². The molecule has 4 heterocycles. The van der Waals surface area contributed by atoms with E-state index in [-0.39, 0.29) is 18.4 Å². The van der Waals surface area contributed by atoms with Gasteiger partial charge in [0, 0.05) is 56.5 Å². The third kappa shape index (κ3) is 4.11. The van der Waals surface area contributed by atoms with Gasteiger partial charge in [-0.05, 0) is 32.4 Å². The number of para-hydroxylation sites is 1. The number of hydrogen-bond donors (Lipinski definition) is 0. The number of sulfonamides is 1. The van der Waals surface area contributed by atoms with Gasteiger partial charge in [0.15, 0.2) is 4.21 Å². The molecule has 1 aromatic carbocycles. The summed E-state index contributed by atoms with van der Waals surface area (Å²) in [6, 6.07) is 10.1. The Kier molecular flexibility index (Phi) is 5.84. The molecule has 10 heteroatoms. The number of amides is 1. The van der Waals surface area contributed by atoms with E-state index in [0.717, 1.165) is 34.7 Å². The molecule has 0 spiro atoms. The summed E-state index contributed by atoms with van der Waals surface area (Å²) in [5.41, 5.74) is 2.64. The number of aromatic nitrogens is 2. The number of carbonyl (C=O) groups is 1. The van der Waals surface area contributed by atoms with Crippen LogP contribution in [0.25, 0.3) is 10.9 Å². The molecule has 1 atom stereocenters. The fourth-order valence-electron chi connectivity index (χ4n) is 4.80. The van der Waals surface area contributed by atoms with E-state index in [1.54, 1.807) is 13.8 Å². The zero-order valence-electron chi connectivity index (χ0n) is 18.8. The maximum atomic E-state index is 13.2. The van der Waals surface area contributed by atoms with Crippen LogP contribution in [0.3, 0.4) is 0 Å². The van der Waals surface area contributed by atoms with Crippen molar-refractivity contribution in [1.82, 2.24) is 19.2 Å². The van der Waals surface area contributed by atoms with E-state index in [1.165, 1.54) is 15.6 Å². The number of piperazine rings is 1. The van der Waals surface area contributed by atoms with Crippen LogP contribution in [0.2, 0.25) is 0 Å². The van der Waals surface area contributed by atoms with E-state index in [2.05, 4.69) is 20.9 Å². The van der Waals surface area contributed by atoms with Crippen LogP contribution in [0.4, 0.5) is 5.69 Å². The predicted octanol–water partition coefficient (Wildman–Crippen LogP) is 2.67. The molecule has 1 amide bonds. The van der Waals surface area contributed by atoms with Crippen LogP contribution in [-0.4, -0.2) is 72.8 Å². The molecule has 0 saturated carbocycles. The molecule has 0 aliphatic carbocycles. The van der Waals surface area contributed by atoms with Gasteiger partial charge in [-0.15, -0.1) is 11.3 Å². The van der Waals surface area contributed by atoms with Crippen molar-refractivity contribution in [2.75, 3.05) is 44.2 Å². The molecule has 2 aliphatic heterocycles. The fourth-order valence-corrected chi connectivity index (χ4v) is 7.92.